The Morgan fingerprint density at radius 3 is 2.50 bits per heavy atom. The van der Waals surface area contributed by atoms with Gasteiger partial charge in [-0.15, -0.1) is 0 Å². The molecular formula is C22H28N4O2. The van der Waals surface area contributed by atoms with E-state index >= 15 is 0 Å². The van der Waals surface area contributed by atoms with E-state index in [1.165, 1.54) is 0 Å². The normalized spacial score (nSPS) is 18.3. The Hall–Kier alpha value is -2.86. The lowest BCUT2D eigenvalue weighted by atomic mass is 9.84. The SMILES string of the molecule is CC.O=C(O)c1cccc(CN=C2Nc3ccccc3NC23CCNCC3)c1. The van der Waals surface area contributed by atoms with Crippen molar-refractivity contribution in [1.82, 2.24) is 5.32 Å². The molecule has 0 atom stereocenters. The molecule has 0 aromatic heterocycles. The topological polar surface area (TPSA) is 85.8 Å². The molecule has 1 fully saturated rings. The summed E-state index contributed by atoms with van der Waals surface area (Å²) >= 11 is 0. The molecule has 0 saturated carbocycles. The number of carbonyl (C=O) groups is 1. The fourth-order valence-corrected chi connectivity index (χ4v) is 3.64. The number of amidine groups is 1. The van der Waals surface area contributed by atoms with Gasteiger partial charge in [-0.1, -0.05) is 38.1 Å². The van der Waals surface area contributed by atoms with Gasteiger partial charge in [0.2, 0.25) is 0 Å². The van der Waals surface area contributed by atoms with Gasteiger partial charge in [-0.3, -0.25) is 4.99 Å². The van der Waals surface area contributed by atoms with E-state index in [1.54, 1.807) is 18.2 Å². The van der Waals surface area contributed by atoms with Crippen LogP contribution in [0.4, 0.5) is 11.4 Å². The van der Waals surface area contributed by atoms with Gasteiger partial charge in [-0.2, -0.15) is 0 Å². The molecule has 0 aliphatic carbocycles. The van der Waals surface area contributed by atoms with Crippen molar-refractivity contribution in [3.63, 3.8) is 0 Å². The summed E-state index contributed by atoms with van der Waals surface area (Å²) < 4.78 is 0. The van der Waals surface area contributed by atoms with Crippen molar-refractivity contribution in [2.45, 2.75) is 38.8 Å². The lowest BCUT2D eigenvalue weighted by Crippen LogP contribution is -2.57. The molecule has 1 saturated heterocycles. The largest absolute Gasteiger partial charge is 0.478 e. The molecule has 28 heavy (non-hydrogen) atoms. The van der Waals surface area contributed by atoms with E-state index in [0.29, 0.717) is 12.1 Å². The third-order valence-electron chi connectivity index (χ3n) is 5.06. The minimum absolute atomic E-state index is 0.204. The summed E-state index contributed by atoms with van der Waals surface area (Å²) in [6.07, 6.45) is 1.89. The van der Waals surface area contributed by atoms with E-state index < -0.39 is 5.97 Å². The zero-order chi connectivity index (χ0) is 20.0. The minimum Gasteiger partial charge on any atom is -0.478 e. The highest BCUT2D eigenvalue weighted by atomic mass is 16.4. The molecule has 2 aliphatic heterocycles. The second-order valence-electron chi connectivity index (χ2n) is 6.80. The number of hydrogen-bond donors (Lipinski definition) is 4. The maximum absolute atomic E-state index is 11.2. The zero-order valence-corrected chi connectivity index (χ0v) is 16.5. The van der Waals surface area contributed by atoms with Gasteiger partial charge in [-0.05, 0) is 55.8 Å². The van der Waals surface area contributed by atoms with E-state index in [0.717, 1.165) is 48.7 Å². The Labute approximate surface area is 166 Å². The van der Waals surface area contributed by atoms with E-state index in [2.05, 4.69) is 22.0 Å². The first-order chi connectivity index (χ1) is 13.7. The third kappa shape index (κ3) is 4.17. The minimum atomic E-state index is -0.916. The lowest BCUT2D eigenvalue weighted by Gasteiger charge is -2.44. The van der Waals surface area contributed by atoms with Crippen LogP contribution in [0.25, 0.3) is 0 Å². The van der Waals surface area contributed by atoms with Crippen molar-refractivity contribution in [2.24, 2.45) is 4.99 Å². The molecule has 1 spiro atoms. The highest BCUT2D eigenvalue weighted by Gasteiger charge is 2.40. The van der Waals surface area contributed by atoms with Gasteiger partial charge in [0.25, 0.3) is 0 Å². The number of carboxylic acid groups (broad SMARTS) is 1. The summed E-state index contributed by atoms with van der Waals surface area (Å²) in [5, 5.41) is 19.8. The highest BCUT2D eigenvalue weighted by molar-refractivity contribution is 6.09. The van der Waals surface area contributed by atoms with Crippen LogP contribution in [-0.4, -0.2) is 35.5 Å². The first-order valence-corrected chi connectivity index (χ1v) is 9.88. The lowest BCUT2D eigenvalue weighted by molar-refractivity contribution is 0.0696. The summed E-state index contributed by atoms with van der Waals surface area (Å²) in [6.45, 7) is 6.32. The Morgan fingerprint density at radius 1 is 1.07 bits per heavy atom. The average molecular weight is 380 g/mol. The van der Waals surface area contributed by atoms with Gasteiger partial charge < -0.3 is 21.1 Å². The van der Waals surface area contributed by atoms with Gasteiger partial charge in [0.15, 0.2) is 0 Å². The van der Waals surface area contributed by atoms with Crippen molar-refractivity contribution in [3.8, 4) is 0 Å². The van der Waals surface area contributed by atoms with Crippen LogP contribution >= 0.6 is 0 Å². The molecule has 2 aliphatic rings. The molecule has 2 aromatic carbocycles. The number of aliphatic imine (C=N–C) groups is 1. The molecule has 0 unspecified atom stereocenters. The fraction of sp³-hybridized carbons (Fsp3) is 0.364. The fourth-order valence-electron chi connectivity index (χ4n) is 3.64. The summed E-state index contributed by atoms with van der Waals surface area (Å²) in [5.74, 6) is 0.0131. The predicted molar refractivity (Wildman–Crippen MR) is 114 cm³/mol. The van der Waals surface area contributed by atoms with Gasteiger partial charge in [0, 0.05) is 0 Å². The van der Waals surface area contributed by atoms with Crippen LogP contribution in [0.1, 0.15) is 42.6 Å². The zero-order valence-electron chi connectivity index (χ0n) is 16.5. The molecule has 6 nitrogen and oxygen atoms in total. The number of fused-ring (bicyclic) bond motifs is 1. The number of hydrogen-bond acceptors (Lipinski definition) is 4. The number of carboxylic acids is 1. The van der Waals surface area contributed by atoms with E-state index in [1.807, 2.05) is 38.1 Å². The molecule has 6 heteroatoms. The second-order valence-corrected chi connectivity index (χ2v) is 6.80. The van der Waals surface area contributed by atoms with Crippen LogP contribution in [0.5, 0.6) is 0 Å². The number of rotatable bonds is 3. The number of nitrogens with zero attached hydrogens (tertiary/aromatic N) is 1. The molecule has 0 bridgehead atoms. The van der Waals surface area contributed by atoms with E-state index in [-0.39, 0.29) is 5.54 Å². The summed E-state index contributed by atoms with van der Waals surface area (Å²) in [5.41, 5.74) is 3.10. The van der Waals surface area contributed by atoms with Crippen molar-refractivity contribution < 1.29 is 9.90 Å². The average Bonchev–Trinajstić information content (AvgIpc) is 2.74. The first-order valence-electron chi connectivity index (χ1n) is 9.88. The summed E-state index contributed by atoms with van der Waals surface area (Å²) in [4.78, 5) is 16.0. The summed E-state index contributed by atoms with van der Waals surface area (Å²) in [6, 6.07) is 15.1. The van der Waals surface area contributed by atoms with Gasteiger partial charge in [0.05, 0.1) is 29.0 Å². The van der Waals surface area contributed by atoms with Crippen LogP contribution in [0.3, 0.4) is 0 Å². The Kier molecular flexibility index (Phi) is 6.31. The maximum Gasteiger partial charge on any atom is 0.335 e. The van der Waals surface area contributed by atoms with Crippen LogP contribution in [0, 0.1) is 0 Å². The van der Waals surface area contributed by atoms with Gasteiger partial charge in [0.1, 0.15) is 5.84 Å². The molecule has 2 heterocycles. The van der Waals surface area contributed by atoms with Crippen molar-refractivity contribution >= 4 is 23.2 Å². The number of aromatic carboxylic acids is 1. The van der Waals surface area contributed by atoms with Crippen LogP contribution < -0.4 is 16.0 Å². The smallest absolute Gasteiger partial charge is 0.335 e. The van der Waals surface area contributed by atoms with Crippen molar-refractivity contribution in [3.05, 3.63) is 59.7 Å². The Balaban J connectivity index is 0.00000109. The quantitative estimate of drug-likeness (QED) is 0.647. The Bertz CT molecular complexity index is 857. The van der Waals surface area contributed by atoms with Crippen LogP contribution in [-0.2, 0) is 6.54 Å². The molecule has 0 radical (unpaired) electrons. The molecule has 2 aromatic rings. The standard InChI is InChI=1S/C20H22N4O2.C2H6/c25-18(26)15-5-3-4-14(12-15)13-22-19-20(8-10-21-11-9-20)24-17-7-2-1-6-16(17)23-19;1-2/h1-7,12,21,24H,8-11,13H2,(H,22,23)(H,25,26);1-2H3. The molecule has 148 valence electrons. The van der Waals surface area contributed by atoms with Gasteiger partial charge in [-0.25, -0.2) is 4.79 Å². The van der Waals surface area contributed by atoms with Crippen LogP contribution in [0.15, 0.2) is 53.5 Å². The number of benzene rings is 2. The molecular weight excluding hydrogens is 352 g/mol. The molecule has 4 rings (SSSR count). The number of piperidine rings is 1. The highest BCUT2D eigenvalue weighted by Crippen LogP contribution is 2.35. The second kappa shape index (κ2) is 8.89. The number of nitrogens with one attached hydrogen (secondary N) is 3. The van der Waals surface area contributed by atoms with Crippen LogP contribution in [0.2, 0.25) is 0 Å². The molecule has 0 amide bonds. The summed E-state index contributed by atoms with van der Waals surface area (Å²) in [7, 11) is 0. The first kappa shape index (κ1) is 19.9. The Morgan fingerprint density at radius 2 is 1.79 bits per heavy atom. The third-order valence-corrected chi connectivity index (χ3v) is 5.06. The maximum atomic E-state index is 11.2. The predicted octanol–water partition coefficient (Wildman–Crippen LogP) is 3.97. The van der Waals surface area contributed by atoms with E-state index in [9.17, 15) is 4.79 Å². The van der Waals surface area contributed by atoms with Crippen molar-refractivity contribution in [2.75, 3.05) is 23.7 Å². The number of para-hydroxylation sites is 2. The molecule has 4 N–H and O–H groups in total. The van der Waals surface area contributed by atoms with E-state index in [4.69, 9.17) is 10.1 Å². The van der Waals surface area contributed by atoms with Gasteiger partial charge >= 0.3 is 5.97 Å². The van der Waals surface area contributed by atoms with Crippen molar-refractivity contribution in [1.29, 1.82) is 0 Å². The monoisotopic (exact) mass is 380 g/mol. The number of anilines is 2.